The van der Waals surface area contributed by atoms with Crippen LogP contribution in [0, 0.1) is 0 Å². The summed E-state index contributed by atoms with van der Waals surface area (Å²) in [5.41, 5.74) is 0. The number of hydrogen-bond donors (Lipinski definition) is 2. The van der Waals surface area contributed by atoms with E-state index in [1.165, 1.54) is 0 Å². The van der Waals surface area contributed by atoms with Crippen LogP contribution in [0.1, 0.15) is 0 Å². The summed E-state index contributed by atoms with van der Waals surface area (Å²) in [5.74, 6) is 0. The first-order chi connectivity index (χ1) is 4.84. The number of nitrogens with one attached hydrogen (secondary N) is 1. The van der Waals surface area contributed by atoms with E-state index in [1.807, 2.05) is 0 Å². The normalized spacial score (nSPS) is 28.8. The van der Waals surface area contributed by atoms with Gasteiger partial charge in [-0.1, -0.05) is 0 Å². The van der Waals surface area contributed by atoms with E-state index >= 15 is 0 Å². The third-order valence-electron chi connectivity index (χ3n) is 1.91. The minimum Gasteiger partial charge on any atom is -0.317 e. The molecule has 1 rings (SSSR count). The van der Waals surface area contributed by atoms with E-state index in [2.05, 4.69) is 30.2 Å². The molecule has 0 radical (unpaired) electrons. The Morgan fingerprint density at radius 3 is 3.20 bits per heavy atom. The smallest absolute Gasteiger partial charge is 0.0778 e. The number of thiol groups is 1. The van der Waals surface area contributed by atoms with Crippen LogP contribution < -0.4 is 5.32 Å². The molecule has 1 saturated heterocycles. The highest BCUT2D eigenvalue weighted by atomic mass is 32.1. The molecule has 1 N–H and O–H groups in total. The zero-order chi connectivity index (χ0) is 7.40. The van der Waals surface area contributed by atoms with Gasteiger partial charge in [-0.15, -0.1) is 0 Å². The van der Waals surface area contributed by atoms with Crippen LogP contribution in [0.25, 0.3) is 0 Å². The van der Waals surface area contributed by atoms with Crippen molar-refractivity contribution in [1.82, 2.24) is 10.2 Å². The van der Waals surface area contributed by atoms with Crippen LogP contribution >= 0.6 is 12.9 Å². The highest BCUT2D eigenvalue weighted by Crippen LogP contribution is 2.00. The van der Waals surface area contributed by atoms with Gasteiger partial charge in [-0.05, 0) is 20.0 Å². The van der Waals surface area contributed by atoms with Gasteiger partial charge in [0.05, 0.1) is 6.61 Å². The summed E-state index contributed by atoms with van der Waals surface area (Å²) in [6.45, 7) is 3.89. The van der Waals surface area contributed by atoms with Crippen LogP contribution in [0.2, 0.25) is 0 Å². The van der Waals surface area contributed by atoms with E-state index in [1.54, 1.807) is 0 Å². The first-order valence-electron chi connectivity index (χ1n) is 3.52. The largest absolute Gasteiger partial charge is 0.317 e. The predicted octanol–water partition coefficient (Wildman–Crippen LogP) is -0.249. The molecular formula is C6H14N2OS. The number of piperazine rings is 1. The molecule has 1 aliphatic heterocycles. The van der Waals surface area contributed by atoms with Crippen molar-refractivity contribution in [3.63, 3.8) is 0 Å². The number of hydrogen-bond acceptors (Lipinski definition) is 4. The maximum absolute atomic E-state index is 4.76. The Labute approximate surface area is 67.3 Å². The minimum absolute atomic E-state index is 0.492. The van der Waals surface area contributed by atoms with Gasteiger partial charge in [0.1, 0.15) is 0 Å². The fourth-order valence-corrected chi connectivity index (χ4v) is 1.31. The van der Waals surface area contributed by atoms with E-state index in [4.69, 9.17) is 4.18 Å². The van der Waals surface area contributed by atoms with Crippen molar-refractivity contribution in [1.29, 1.82) is 0 Å². The minimum atomic E-state index is 0.492. The zero-order valence-electron chi connectivity index (χ0n) is 6.21. The van der Waals surface area contributed by atoms with Crippen molar-refractivity contribution in [2.24, 2.45) is 0 Å². The molecule has 0 spiro atoms. The Hall–Kier alpha value is 0.230. The topological polar surface area (TPSA) is 24.5 Å². The van der Waals surface area contributed by atoms with Crippen LogP contribution in [0.3, 0.4) is 0 Å². The van der Waals surface area contributed by atoms with Crippen molar-refractivity contribution in [3.05, 3.63) is 0 Å². The molecule has 0 bridgehead atoms. The Morgan fingerprint density at radius 2 is 2.60 bits per heavy atom. The molecule has 1 heterocycles. The number of nitrogens with zero attached hydrogens (tertiary/aromatic N) is 1. The molecule has 0 aliphatic carbocycles. The molecule has 3 nitrogen and oxygen atoms in total. The van der Waals surface area contributed by atoms with Gasteiger partial charge in [0, 0.05) is 25.7 Å². The summed E-state index contributed by atoms with van der Waals surface area (Å²) in [7, 11) is 2.11. The summed E-state index contributed by atoms with van der Waals surface area (Å²) in [6, 6.07) is 0.492. The SMILES string of the molecule is CN1CCNCC1COS. The second kappa shape index (κ2) is 4.18. The maximum Gasteiger partial charge on any atom is 0.0778 e. The average Bonchev–Trinajstić information content (AvgIpc) is 1.94. The van der Waals surface area contributed by atoms with Crippen molar-refractivity contribution in [2.75, 3.05) is 33.3 Å². The molecule has 0 aromatic heterocycles. The summed E-state index contributed by atoms with van der Waals surface area (Å²) < 4.78 is 4.76. The fourth-order valence-electron chi connectivity index (χ4n) is 1.13. The zero-order valence-corrected chi connectivity index (χ0v) is 7.10. The Morgan fingerprint density at radius 1 is 1.80 bits per heavy atom. The fraction of sp³-hybridized carbons (Fsp3) is 1.00. The second-order valence-electron chi connectivity index (χ2n) is 2.63. The van der Waals surface area contributed by atoms with Crippen molar-refractivity contribution < 1.29 is 4.18 Å². The van der Waals surface area contributed by atoms with Gasteiger partial charge in [0.2, 0.25) is 0 Å². The molecule has 10 heavy (non-hydrogen) atoms. The maximum atomic E-state index is 4.76. The number of rotatable bonds is 2. The molecule has 4 heteroatoms. The van der Waals surface area contributed by atoms with Gasteiger partial charge < -0.3 is 9.50 Å². The van der Waals surface area contributed by atoms with Crippen LogP contribution in [-0.2, 0) is 4.18 Å². The lowest BCUT2D eigenvalue weighted by Gasteiger charge is -2.31. The van der Waals surface area contributed by atoms with Crippen LogP contribution in [-0.4, -0.2) is 44.2 Å². The molecule has 1 unspecified atom stereocenters. The van der Waals surface area contributed by atoms with E-state index in [0.717, 1.165) is 19.6 Å². The molecule has 0 amide bonds. The molecule has 60 valence electrons. The predicted molar refractivity (Wildman–Crippen MR) is 44.2 cm³/mol. The van der Waals surface area contributed by atoms with Crippen LogP contribution in [0.15, 0.2) is 0 Å². The monoisotopic (exact) mass is 162 g/mol. The molecule has 0 saturated carbocycles. The first kappa shape index (κ1) is 8.33. The highest BCUT2D eigenvalue weighted by Gasteiger charge is 2.17. The van der Waals surface area contributed by atoms with Crippen molar-refractivity contribution in [2.45, 2.75) is 6.04 Å². The third-order valence-corrected chi connectivity index (χ3v) is 2.06. The molecule has 1 aliphatic rings. The van der Waals surface area contributed by atoms with E-state index in [0.29, 0.717) is 12.6 Å². The first-order valence-corrected chi connectivity index (χ1v) is 3.88. The van der Waals surface area contributed by atoms with Gasteiger partial charge >= 0.3 is 0 Å². The Balaban J connectivity index is 2.25. The molecular weight excluding hydrogens is 148 g/mol. The lowest BCUT2D eigenvalue weighted by molar-refractivity contribution is 0.149. The van der Waals surface area contributed by atoms with Gasteiger partial charge in [0.25, 0.3) is 0 Å². The lowest BCUT2D eigenvalue weighted by atomic mass is 10.2. The second-order valence-corrected chi connectivity index (χ2v) is 2.89. The third kappa shape index (κ3) is 2.12. The standard InChI is InChI=1S/C6H14N2OS/c1-8-3-2-7-4-6(8)5-9-10/h6-7,10H,2-5H2,1H3. The van der Waals surface area contributed by atoms with E-state index < -0.39 is 0 Å². The van der Waals surface area contributed by atoms with E-state index in [9.17, 15) is 0 Å². The van der Waals surface area contributed by atoms with Crippen LogP contribution in [0.5, 0.6) is 0 Å². The number of likely N-dealkylation sites (N-methyl/N-ethyl adjacent to an activating group) is 1. The quantitative estimate of drug-likeness (QED) is 0.433. The van der Waals surface area contributed by atoms with Gasteiger partial charge in [-0.3, -0.25) is 4.90 Å². The van der Waals surface area contributed by atoms with Gasteiger partial charge in [-0.2, -0.15) is 0 Å². The molecule has 1 atom stereocenters. The Bertz CT molecular complexity index is 99.7. The molecule has 1 fully saturated rings. The van der Waals surface area contributed by atoms with Gasteiger partial charge in [-0.25, -0.2) is 0 Å². The summed E-state index contributed by atoms with van der Waals surface area (Å²) >= 11 is 3.72. The van der Waals surface area contributed by atoms with Crippen molar-refractivity contribution in [3.8, 4) is 0 Å². The average molecular weight is 162 g/mol. The van der Waals surface area contributed by atoms with E-state index in [-0.39, 0.29) is 0 Å². The summed E-state index contributed by atoms with van der Waals surface area (Å²) in [4.78, 5) is 2.28. The Kier molecular flexibility index (Phi) is 3.48. The van der Waals surface area contributed by atoms with Crippen molar-refractivity contribution >= 4 is 12.9 Å². The lowest BCUT2D eigenvalue weighted by Crippen LogP contribution is -2.50. The summed E-state index contributed by atoms with van der Waals surface area (Å²) in [6.07, 6.45) is 0. The molecule has 0 aromatic rings. The van der Waals surface area contributed by atoms with Crippen LogP contribution in [0.4, 0.5) is 0 Å². The summed E-state index contributed by atoms with van der Waals surface area (Å²) in [5, 5.41) is 3.29. The highest BCUT2D eigenvalue weighted by molar-refractivity contribution is 7.75. The van der Waals surface area contributed by atoms with Gasteiger partial charge in [0.15, 0.2) is 0 Å². The molecule has 0 aromatic carbocycles.